The minimum Gasteiger partial charge on any atom is -0.343 e. The summed E-state index contributed by atoms with van der Waals surface area (Å²) in [7, 11) is 0. The predicted molar refractivity (Wildman–Crippen MR) is 106 cm³/mol. The van der Waals surface area contributed by atoms with Gasteiger partial charge in [-0.2, -0.15) is 11.3 Å². The summed E-state index contributed by atoms with van der Waals surface area (Å²) in [5.41, 5.74) is 3.26. The molecule has 0 bridgehead atoms. The van der Waals surface area contributed by atoms with Crippen molar-refractivity contribution in [1.82, 2.24) is 14.9 Å². The van der Waals surface area contributed by atoms with Gasteiger partial charge in [0.15, 0.2) is 0 Å². The lowest BCUT2D eigenvalue weighted by Gasteiger charge is -2.11. The summed E-state index contributed by atoms with van der Waals surface area (Å²) in [4.78, 5) is 28.6. The van der Waals surface area contributed by atoms with E-state index < -0.39 is 0 Å². The Bertz CT molecular complexity index is 922. The zero-order chi connectivity index (χ0) is 18.6. The van der Waals surface area contributed by atoms with Gasteiger partial charge in [0.1, 0.15) is 5.82 Å². The Hall–Kier alpha value is -2.93. The van der Waals surface area contributed by atoms with Gasteiger partial charge in [-0.1, -0.05) is 12.1 Å². The van der Waals surface area contributed by atoms with Crippen molar-refractivity contribution in [3.63, 3.8) is 0 Å². The van der Waals surface area contributed by atoms with Crippen LogP contribution < -0.4 is 10.6 Å². The Morgan fingerprint density at radius 1 is 1.15 bits per heavy atom. The van der Waals surface area contributed by atoms with E-state index in [9.17, 15) is 9.59 Å². The van der Waals surface area contributed by atoms with Gasteiger partial charge in [-0.15, -0.1) is 0 Å². The van der Waals surface area contributed by atoms with Crippen LogP contribution in [-0.4, -0.2) is 27.9 Å². The zero-order valence-corrected chi connectivity index (χ0v) is 15.6. The third-order valence-corrected chi connectivity index (χ3v) is 5.25. The summed E-state index contributed by atoms with van der Waals surface area (Å²) in [5, 5.41) is 8.98. The highest BCUT2D eigenvalue weighted by molar-refractivity contribution is 7.08. The summed E-state index contributed by atoms with van der Waals surface area (Å²) < 4.78 is 2.23. The number of aromatic nitrogens is 2. The number of fused-ring (bicyclic) bond motifs is 1. The number of carbonyl (C=O) groups is 2. The Balaban J connectivity index is 1.34. The molecule has 1 aliphatic heterocycles. The lowest BCUT2D eigenvalue weighted by molar-refractivity contribution is -0.115. The molecular weight excluding hydrogens is 360 g/mol. The first-order valence-electron chi connectivity index (χ1n) is 8.96. The van der Waals surface area contributed by atoms with Crippen molar-refractivity contribution in [2.75, 3.05) is 11.9 Å². The minimum atomic E-state index is -0.260. The molecule has 1 aromatic carbocycles. The van der Waals surface area contributed by atoms with Crippen LogP contribution in [0.15, 0.2) is 47.3 Å². The molecule has 7 heteroatoms. The maximum atomic E-state index is 12.0. The smallest absolute Gasteiger partial charge is 0.252 e. The number of thiophene rings is 1. The number of rotatable bonds is 5. The van der Waals surface area contributed by atoms with Gasteiger partial charge in [0.25, 0.3) is 5.91 Å². The van der Waals surface area contributed by atoms with Gasteiger partial charge in [-0.25, -0.2) is 4.98 Å². The molecule has 0 radical (unpaired) electrons. The Morgan fingerprint density at radius 3 is 2.74 bits per heavy atom. The van der Waals surface area contributed by atoms with Gasteiger partial charge in [0.05, 0.1) is 12.2 Å². The van der Waals surface area contributed by atoms with Crippen molar-refractivity contribution in [3.05, 3.63) is 58.7 Å². The van der Waals surface area contributed by atoms with Crippen LogP contribution in [0.5, 0.6) is 0 Å². The van der Waals surface area contributed by atoms with E-state index in [4.69, 9.17) is 4.98 Å². The summed E-state index contributed by atoms with van der Waals surface area (Å²) in [5.74, 6) is 0.643. The first kappa shape index (κ1) is 17.5. The van der Waals surface area contributed by atoms with Crippen LogP contribution >= 0.6 is 11.3 Å². The van der Waals surface area contributed by atoms with Crippen LogP contribution in [0.1, 0.15) is 29.0 Å². The van der Waals surface area contributed by atoms with Crippen molar-refractivity contribution in [2.24, 2.45) is 0 Å². The van der Waals surface area contributed by atoms with Crippen LogP contribution in [0.2, 0.25) is 0 Å². The summed E-state index contributed by atoms with van der Waals surface area (Å²) >= 11 is 1.44. The molecule has 0 spiro atoms. The SMILES string of the molecule is O=C(CNC(=O)c1ccsc1)Nc1ccc(-c2cn3c(n2)CCCC3)cc1. The van der Waals surface area contributed by atoms with Crippen LogP contribution in [0, 0.1) is 0 Å². The molecule has 2 amide bonds. The topological polar surface area (TPSA) is 76.0 Å². The third kappa shape index (κ3) is 4.09. The standard InChI is InChI=1S/C20H20N4O2S/c25-19(11-21-20(26)15-8-10-27-13-15)22-16-6-4-14(5-7-16)17-12-24-9-2-1-3-18(24)23-17/h4-8,10,12-13H,1-3,9,11H2,(H,21,26)(H,22,25). The highest BCUT2D eigenvalue weighted by Crippen LogP contribution is 2.23. The van der Waals surface area contributed by atoms with Crippen LogP contribution in [-0.2, 0) is 17.8 Å². The molecule has 4 rings (SSSR count). The molecule has 6 nitrogen and oxygen atoms in total. The van der Waals surface area contributed by atoms with Crippen LogP contribution in [0.25, 0.3) is 11.3 Å². The average Bonchev–Trinajstić information content (AvgIpc) is 3.36. The van der Waals surface area contributed by atoms with Gasteiger partial charge in [-0.05, 0) is 36.4 Å². The first-order chi connectivity index (χ1) is 13.2. The van der Waals surface area contributed by atoms with E-state index in [1.807, 2.05) is 29.6 Å². The minimum absolute atomic E-state index is 0.0653. The maximum Gasteiger partial charge on any atom is 0.252 e. The number of amides is 2. The summed E-state index contributed by atoms with van der Waals surface area (Å²) in [6.45, 7) is 0.970. The second kappa shape index (κ2) is 7.75. The molecule has 0 atom stereocenters. The fraction of sp³-hybridized carbons (Fsp3) is 0.250. The van der Waals surface area contributed by atoms with Crippen molar-refractivity contribution >= 4 is 28.8 Å². The van der Waals surface area contributed by atoms with E-state index >= 15 is 0 Å². The van der Waals surface area contributed by atoms with Crippen molar-refractivity contribution in [1.29, 1.82) is 0 Å². The number of hydrogen-bond donors (Lipinski definition) is 2. The second-order valence-corrected chi connectivity index (χ2v) is 7.29. The second-order valence-electron chi connectivity index (χ2n) is 6.51. The van der Waals surface area contributed by atoms with Gasteiger partial charge in [0.2, 0.25) is 5.91 Å². The zero-order valence-electron chi connectivity index (χ0n) is 14.8. The highest BCUT2D eigenvalue weighted by atomic mass is 32.1. The van der Waals surface area contributed by atoms with E-state index in [1.165, 1.54) is 24.2 Å². The number of benzene rings is 1. The summed E-state index contributed by atoms with van der Waals surface area (Å²) in [6, 6.07) is 9.34. The van der Waals surface area contributed by atoms with Gasteiger partial charge < -0.3 is 15.2 Å². The lowest BCUT2D eigenvalue weighted by atomic mass is 10.1. The molecule has 1 aliphatic rings. The fourth-order valence-corrected chi connectivity index (χ4v) is 3.77. The van der Waals surface area contributed by atoms with E-state index in [0.717, 1.165) is 30.0 Å². The van der Waals surface area contributed by atoms with Crippen molar-refractivity contribution < 1.29 is 9.59 Å². The number of aryl methyl sites for hydroxylation is 2. The number of nitrogens with zero attached hydrogens (tertiary/aromatic N) is 2. The monoisotopic (exact) mass is 380 g/mol. The van der Waals surface area contributed by atoms with E-state index in [-0.39, 0.29) is 18.4 Å². The largest absolute Gasteiger partial charge is 0.343 e. The van der Waals surface area contributed by atoms with E-state index in [2.05, 4.69) is 21.4 Å². The van der Waals surface area contributed by atoms with Gasteiger partial charge in [-0.3, -0.25) is 9.59 Å². The summed E-state index contributed by atoms with van der Waals surface area (Å²) in [6.07, 6.45) is 5.54. The number of anilines is 1. The fourth-order valence-electron chi connectivity index (χ4n) is 3.14. The molecule has 0 saturated heterocycles. The molecule has 0 fully saturated rings. The predicted octanol–water partition coefficient (Wildman–Crippen LogP) is 3.32. The molecule has 0 unspecified atom stereocenters. The Morgan fingerprint density at radius 2 is 2.00 bits per heavy atom. The quantitative estimate of drug-likeness (QED) is 0.713. The Labute approximate surface area is 161 Å². The molecule has 2 aromatic heterocycles. The van der Waals surface area contributed by atoms with E-state index in [0.29, 0.717) is 11.3 Å². The molecular formula is C20H20N4O2S. The molecule has 3 heterocycles. The normalized spacial score (nSPS) is 13.0. The average molecular weight is 380 g/mol. The van der Waals surface area contributed by atoms with Crippen LogP contribution in [0.3, 0.4) is 0 Å². The van der Waals surface area contributed by atoms with Gasteiger partial charge >= 0.3 is 0 Å². The highest BCUT2D eigenvalue weighted by Gasteiger charge is 2.13. The number of imidazole rings is 1. The Kier molecular flexibility index (Phi) is 5.02. The van der Waals surface area contributed by atoms with Gasteiger partial charge in [0, 0.05) is 41.4 Å². The third-order valence-electron chi connectivity index (χ3n) is 4.57. The van der Waals surface area contributed by atoms with E-state index in [1.54, 1.807) is 11.4 Å². The molecule has 3 aromatic rings. The number of nitrogens with one attached hydrogen (secondary N) is 2. The lowest BCUT2D eigenvalue weighted by Crippen LogP contribution is -2.32. The van der Waals surface area contributed by atoms with Crippen molar-refractivity contribution in [3.8, 4) is 11.3 Å². The molecule has 0 aliphatic carbocycles. The maximum absolute atomic E-state index is 12.0. The van der Waals surface area contributed by atoms with Crippen molar-refractivity contribution in [2.45, 2.75) is 25.8 Å². The number of carbonyl (C=O) groups excluding carboxylic acids is 2. The molecule has 0 saturated carbocycles. The first-order valence-corrected chi connectivity index (χ1v) is 9.90. The molecule has 138 valence electrons. The number of hydrogen-bond acceptors (Lipinski definition) is 4. The molecule has 27 heavy (non-hydrogen) atoms. The molecule has 2 N–H and O–H groups in total. The van der Waals surface area contributed by atoms with Crippen LogP contribution in [0.4, 0.5) is 5.69 Å².